The molecule has 5 rings (SSSR count). The quantitative estimate of drug-likeness (QED) is 0.433. The lowest BCUT2D eigenvalue weighted by atomic mass is 10.0. The number of hydrogen-bond acceptors (Lipinski definition) is 8. The number of rotatable bonds is 5. The molecular formula is C21H22F2N6O2S. The predicted octanol–water partition coefficient (Wildman–Crippen LogP) is 4.04. The molecule has 2 atom stereocenters. The van der Waals surface area contributed by atoms with E-state index in [1.807, 2.05) is 37.5 Å². The zero-order valence-electron chi connectivity index (χ0n) is 17.7. The molecule has 0 radical (unpaired) electrons. The summed E-state index contributed by atoms with van der Waals surface area (Å²) in [6.07, 6.45) is 3.51. The van der Waals surface area contributed by atoms with Gasteiger partial charge < -0.3 is 15.2 Å². The zero-order valence-corrected chi connectivity index (χ0v) is 18.5. The van der Waals surface area contributed by atoms with E-state index in [0.29, 0.717) is 18.4 Å². The first-order valence-electron chi connectivity index (χ1n) is 10.1. The number of nitrogens with zero attached hydrogens (tertiary/aromatic N) is 5. The maximum absolute atomic E-state index is 11.6. The first-order valence-corrected chi connectivity index (χ1v) is 10.9. The van der Waals surface area contributed by atoms with Crippen molar-refractivity contribution >= 4 is 38.7 Å². The van der Waals surface area contributed by atoms with E-state index in [0.717, 1.165) is 37.8 Å². The Morgan fingerprint density at radius 2 is 2.12 bits per heavy atom. The molecule has 4 aromatic heterocycles. The Hall–Kier alpha value is -3.05. The molecule has 1 aliphatic carbocycles. The average molecular weight is 461 g/mol. The molecule has 32 heavy (non-hydrogen) atoms. The van der Waals surface area contributed by atoms with Crippen molar-refractivity contribution in [3.63, 3.8) is 0 Å². The fourth-order valence-corrected chi connectivity index (χ4v) is 4.14. The Morgan fingerprint density at radius 1 is 1.38 bits per heavy atom. The van der Waals surface area contributed by atoms with Gasteiger partial charge in [0.25, 0.3) is 5.92 Å². The molecule has 2 unspecified atom stereocenters. The molecule has 0 aromatic carbocycles. The van der Waals surface area contributed by atoms with Crippen molar-refractivity contribution in [1.82, 2.24) is 24.6 Å². The van der Waals surface area contributed by atoms with E-state index in [4.69, 9.17) is 0 Å². The number of nitrogens with one attached hydrogen (secondary N) is 1. The van der Waals surface area contributed by atoms with Crippen molar-refractivity contribution in [2.45, 2.75) is 38.7 Å². The second kappa shape index (κ2) is 8.47. The van der Waals surface area contributed by atoms with Crippen molar-refractivity contribution in [3.05, 3.63) is 35.9 Å². The summed E-state index contributed by atoms with van der Waals surface area (Å²) in [5.74, 6) is -3.62. The minimum Gasteiger partial charge on any atom is -0.387 e. The van der Waals surface area contributed by atoms with E-state index in [1.54, 1.807) is 12.5 Å². The van der Waals surface area contributed by atoms with Gasteiger partial charge in [0, 0.05) is 30.8 Å². The van der Waals surface area contributed by atoms with Gasteiger partial charge in [-0.2, -0.15) is 5.10 Å². The maximum atomic E-state index is 11.6. The van der Waals surface area contributed by atoms with Gasteiger partial charge in [0.05, 0.1) is 17.7 Å². The Balaban J connectivity index is 0.000000300. The van der Waals surface area contributed by atoms with Gasteiger partial charge in [-0.15, -0.1) is 0 Å². The molecule has 1 aliphatic rings. The smallest absolute Gasteiger partial charge is 0.258 e. The molecule has 8 nitrogen and oxygen atoms in total. The number of aliphatic hydroxyl groups excluding tert-OH is 1. The number of thiazole rings is 1. The number of aromatic nitrogens is 5. The number of halogens is 2. The number of pyridine rings is 2. The van der Waals surface area contributed by atoms with Crippen molar-refractivity contribution < 1.29 is 18.7 Å². The first-order chi connectivity index (χ1) is 15.3. The van der Waals surface area contributed by atoms with Gasteiger partial charge in [-0.05, 0) is 31.0 Å². The van der Waals surface area contributed by atoms with Crippen LogP contribution in [0.3, 0.4) is 0 Å². The van der Waals surface area contributed by atoms with Crippen LogP contribution >= 0.6 is 11.3 Å². The molecule has 0 aliphatic heterocycles. The van der Waals surface area contributed by atoms with E-state index in [9.17, 15) is 18.7 Å². The predicted molar refractivity (Wildman–Crippen MR) is 118 cm³/mol. The van der Waals surface area contributed by atoms with Gasteiger partial charge in [-0.25, -0.2) is 23.3 Å². The lowest BCUT2D eigenvalue weighted by Gasteiger charge is -2.12. The molecule has 4 heterocycles. The van der Waals surface area contributed by atoms with Crippen LogP contribution in [0.15, 0.2) is 24.7 Å². The molecule has 11 heteroatoms. The average Bonchev–Trinajstić information content (AvgIpc) is 3.15. The third-order valence-corrected chi connectivity index (χ3v) is 6.36. The summed E-state index contributed by atoms with van der Waals surface area (Å²) in [6.45, 7) is 3.95. The fourth-order valence-electron chi connectivity index (χ4n) is 3.28. The first kappa shape index (κ1) is 22.2. The van der Waals surface area contributed by atoms with Crippen molar-refractivity contribution in [1.29, 1.82) is 0 Å². The van der Waals surface area contributed by atoms with E-state index >= 15 is 0 Å². The van der Waals surface area contributed by atoms with Crippen LogP contribution in [0.25, 0.3) is 27.1 Å². The molecule has 168 valence electrons. The molecule has 1 fully saturated rings. The highest BCUT2D eigenvalue weighted by Gasteiger charge is 2.56. The van der Waals surface area contributed by atoms with Crippen LogP contribution < -0.4 is 5.32 Å². The van der Waals surface area contributed by atoms with Gasteiger partial charge in [0.1, 0.15) is 23.0 Å². The zero-order chi connectivity index (χ0) is 23.0. The number of carbonyl (C=O) groups excluding carboxylic acids is 1. The van der Waals surface area contributed by atoms with Crippen molar-refractivity contribution in [2.24, 2.45) is 5.92 Å². The summed E-state index contributed by atoms with van der Waals surface area (Å²) in [5.41, 5.74) is 5.25. The largest absolute Gasteiger partial charge is 0.387 e. The van der Waals surface area contributed by atoms with Crippen LogP contribution in [0.1, 0.15) is 37.1 Å². The summed E-state index contributed by atoms with van der Waals surface area (Å²) in [4.78, 5) is 23.9. The van der Waals surface area contributed by atoms with Gasteiger partial charge in [0.2, 0.25) is 0 Å². The van der Waals surface area contributed by atoms with Gasteiger partial charge in [-0.3, -0.25) is 4.98 Å². The van der Waals surface area contributed by atoms with E-state index in [2.05, 4.69) is 25.4 Å². The Bertz CT molecular complexity index is 1290. The van der Waals surface area contributed by atoms with E-state index in [1.165, 1.54) is 11.3 Å². The van der Waals surface area contributed by atoms with Crippen LogP contribution in [0.4, 0.5) is 13.9 Å². The van der Waals surface area contributed by atoms with Crippen LogP contribution in [0.2, 0.25) is 0 Å². The van der Waals surface area contributed by atoms with Crippen LogP contribution in [-0.2, 0) is 4.79 Å². The second-order valence-corrected chi connectivity index (χ2v) is 8.55. The summed E-state index contributed by atoms with van der Waals surface area (Å²) in [6, 6.07) is 3.96. The molecule has 0 amide bonds. The number of alkyl halides is 2. The molecule has 0 spiro atoms. The maximum Gasteiger partial charge on any atom is 0.258 e. The highest BCUT2D eigenvalue weighted by Crippen LogP contribution is 2.46. The van der Waals surface area contributed by atoms with Crippen molar-refractivity contribution in [2.75, 3.05) is 12.4 Å². The lowest BCUT2D eigenvalue weighted by Crippen LogP contribution is -2.01. The van der Waals surface area contributed by atoms with E-state index < -0.39 is 17.9 Å². The number of hydrogen-bond donors (Lipinski definition) is 2. The standard InChI is InChI=1S/C17H18N6OS.C4H4F2O/c1-4-14(24)12-5-9(2)11(7-19-12)10-6-13-16(25-17(18-3)22-13)23-15(10)20-8-21-23;5-4(6)1-3(4)2-7/h5-8,14,24H,4H2,1-3H3,(H,18,22);2-3H,1H2. The Kier molecular flexibility index (Phi) is 5.87. The van der Waals surface area contributed by atoms with Gasteiger partial charge >= 0.3 is 0 Å². The molecule has 0 bridgehead atoms. The number of aryl methyl sites for hydroxylation is 1. The molecule has 4 aromatic rings. The fraction of sp³-hybridized carbons (Fsp3) is 0.381. The molecule has 0 saturated heterocycles. The number of carbonyl (C=O) groups is 1. The summed E-state index contributed by atoms with van der Waals surface area (Å²) >= 11 is 1.54. The number of aldehydes is 1. The Labute approximate surface area is 186 Å². The lowest BCUT2D eigenvalue weighted by molar-refractivity contribution is -0.110. The monoisotopic (exact) mass is 460 g/mol. The minimum absolute atomic E-state index is 0.240. The topological polar surface area (TPSA) is 105 Å². The number of anilines is 1. The normalized spacial score (nSPS) is 17.6. The molecular weight excluding hydrogens is 438 g/mol. The van der Waals surface area contributed by atoms with E-state index in [-0.39, 0.29) is 6.42 Å². The highest BCUT2D eigenvalue weighted by molar-refractivity contribution is 7.21. The molecule has 2 N–H and O–H groups in total. The second-order valence-electron chi connectivity index (χ2n) is 7.57. The Morgan fingerprint density at radius 3 is 2.69 bits per heavy atom. The van der Waals surface area contributed by atoms with Crippen LogP contribution in [-0.4, -0.2) is 48.9 Å². The number of fused-ring (bicyclic) bond motifs is 3. The minimum atomic E-state index is -2.65. The number of aliphatic hydroxyl groups is 1. The molecule has 1 saturated carbocycles. The van der Waals surface area contributed by atoms with Gasteiger partial charge in [0.15, 0.2) is 10.8 Å². The summed E-state index contributed by atoms with van der Waals surface area (Å²) < 4.78 is 24.9. The van der Waals surface area contributed by atoms with Gasteiger partial charge in [-0.1, -0.05) is 18.3 Å². The third-order valence-electron chi connectivity index (χ3n) is 5.30. The third kappa shape index (κ3) is 4.05. The highest BCUT2D eigenvalue weighted by atomic mass is 32.1. The summed E-state index contributed by atoms with van der Waals surface area (Å²) in [5, 5.41) is 18.3. The summed E-state index contributed by atoms with van der Waals surface area (Å²) in [7, 11) is 1.85. The van der Waals surface area contributed by atoms with Crippen molar-refractivity contribution in [3.8, 4) is 11.1 Å². The van der Waals surface area contributed by atoms with Crippen LogP contribution in [0, 0.1) is 12.8 Å². The SMILES string of the molecule is CCC(O)c1cc(C)c(-c2cc3nc(NC)sc3n3ncnc23)cn1.O=CC1CC1(F)F. The van der Waals surface area contributed by atoms with Crippen LogP contribution in [0.5, 0.6) is 0 Å².